The molecular weight excluding hydrogens is 445 g/mol. The summed E-state index contributed by atoms with van der Waals surface area (Å²) in [5.74, 6) is -0.568. The number of hydrogen-bond donors (Lipinski definition) is 2. The van der Waals surface area contributed by atoms with E-state index in [9.17, 15) is 17.6 Å². The molecule has 33 heavy (non-hydrogen) atoms. The van der Waals surface area contributed by atoms with Crippen molar-refractivity contribution >= 4 is 15.9 Å². The van der Waals surface area contributed by atoms with Crippen molar-refractivity contribution in [3.8, 4) is 11.5 Å². The first-order valence-electron chi connectivity index (χ1n) is 10.7. The van der Waals surface area contributed by atoms with Crippen LogP contribution in [0.15, 0.2) is 71.9 Å². The predicted molar refractivity (Wildman–Crippen MR) is 121 cm³/mol. The zero-order valence-corrected chi connectivity index (χ0v) is 18.6. The van der Waals surface area contributed by atoms with Gasteiger partial charge in [-0.15, -0.1) is 0 Å². The number of benzene rings is 2. The highest BCUT2D eigenvalue weighted by atomic mass is 32.2. The van der Waals surface area contributed by atoms with E-state index in [1.807, 2.05) is 0 Å². The van der Waals surface area contributed by atoms with E-state index < -0.39 is 21.7 Å². The molecule has 1 fully saturated rings. The Morgan fingerprint density at radius 2 is 1.91 bits per heavy atom. The van der Waals surface area contributed by atoms with E-state index in [-0.39, 0.29) is 28.8 Å². The minimum absolute atomic E-state index is 0.0463. The minimum atomic E-state index is -3.70. The minimum Gasteiger partial charge on any atom is -0.453 e. The Labute approximate surface area is 192 Å². The van der Waals surface area contributed by atoms with Crippen LogP contribution in [-0.2, 0) is 16.6 Å². The number of rotatable bonds is 8. The van der Waals surface area contributed by atoms with E-state index in [1.165, 1.54) is 42.6 Å². The number of carbonyl (C=O) groups is 1. The molecule has 0 radical (unpaired) electrons. The van der Waals surface area contributed by atoms with Crippen molar-refractivity contribution in [2.24, 2.45) is 0 Å². The van der Waals surface area contributed by atoms with Crippen molar-refractivity contribution in [3.05, 3.63) is 83.9 Å². The van der Waals surface area contributed by atoms with Crippen LogP contribution in [0.5, 0.6) is 11.5 Å². The summed E-state index contributed by atoms with van der Waals surface area (Å²) < 4.78 is 47.9. The van der Waals surface area contributed by atoms with E-state index >= 15 is 0 Å². The van der Waals surface area contributed by atoms with Gasteiger partial charge in [0.1, 0.15) is 5.75 Å². The molecule has 0 spiro atoms. The lowest BCUT2D eigenvalue weighted by molar-refractivity contribution is 0.0950. The molecule has 0 aliphatic heterocycles. The van der Waals surface area contributed by atoms with E-state index in [2.05, 4.69) is 15.0 Å². The number of nitrogens with one attached hydrogen (secondary N) is 2. The third kappa shape index (κ3) is 5.94. The van der Waals surface area contributed by atoms with Gasteiger partial charge in [0.2, 0.25) is 10.0 Å². The first-order valence-corrected chi connectivity index (χ1v) is 12.2. The molecule has 1 amide bonds. The van der Waals surface area contributed by atoms with Crippen molar-refractivity contribution in [1.29, 1.82) is 0 Å². The number of aromatic nitrogens is 1. The lowest BCUT2D eigenvalue weighted by Gasteiger charge is -2.13. The van der Waals surface area contributed by atoms with E-state index in [1.54, 1.807) is 24.4 Å². The SMILES string of the molecule is O=C(NCc1ccc(Oc2cccnc2)c(F)c1)c1cccc(S(=O)(=O)NC2CCCC2)c1. The Hall–Kier alpha value is -3.30. The number of hydrogen-bond acceptors (Lipinski definition) is 5. The number of sulfonamides is 1. The summed E-state index contributed by atoms with van der Waals surface area (Å²) in [7, 11) is -3.70. The number of pyridine rings is 1. The maximum Gasteiger partial charge on any atom is 0.251 e. The molecule has 9 heteroatoms. The number of ether oxygens (including phenoxy) is 1. The van der Waals surface area contributed by atoms with Gasteiger partial charge in [0, 0.05) is 24.3 Å². The normalized spacial score (nSPS) is 14.2. The summed E-state index contributed by atoms with van der Waals surface area (Å²) in [6, 6.07) is 13.6. The molecule has 1 heterocycles. The molecule has 2 N–H and O–H groups in total. The summed E-state index contributed by atoms with van der Waals surface area (Å²) in [5, 5.41) is 2.69. The van der Waals surface area contributed by atoms with Crippen LogP contribution < -0.4 is 14.8 Å². The van der Waals surface area contributed by atoms with Gasteiger partial charge in [0.05, 0.1) is 11.1 Å². The van der Waals surface area contributed by atoms with Crippen molar-refractivity contribution < 1.29 is 22.3 Å². The maximum absolute atomic E-state index is 14.4. The number of halogens is 1. The highest BCUT2D eigenvalue weighted by molar-refractivity contribution is 7.89. The second-order valence-electron chi connectivity index (χ2n) is 7.87. The third-order valence-electron chi connectivity index (χ3n) is 5.40. The Balaban J connectivity index is 1.38. The first-order chi connectivity index (χ1) is 15.9. The summed E-state index contributed by atoms with van der Waals surface area (Å²) in [4.78, 5) is 16.5. The van der Waals surface area contributed by atoms with E-state index in [0.717, 1.165) is 25.7 Å². The van der Waals surface area contributed by atoms with Gasteiger partial charge in [0.25, 0.3) is 5.91 Å². The quantitative estimate of drug-likeness (QED) is 0.516. The van der Waals surface area contributed by atoms with Crippen LogP contribution in [0.3, 0.4) is 0 Å². The smallest absolute Gasteiger partial charge is 0.251 e. The zero-order chi connectivity index (χ0) is 23.3. The summed E-state index contributed by atoms with van der Waals surface area (Å²) in [5.41, 5.74) is 0.743. The van der Waals surface area contributed by atoms with Gasteiger partial charge in [-0.3, -0.25) is 9.78 Å². The van der Waals surface area contributed by atoms with Crippen LogP contribution in [-0.4, -0.2) is 25.4 Å². The standard InChI is InChI=1S/C24H24FN3O4S/c25-22-13-17(10-11-23(22)32-20-8-4-12-26-16-20)15-27-24(29)18-5-3-9-21(14-18)33(30,31)28-19-6-1-2-7-19/h3-5,8-14,16,19,28H,1-2,6-7,15H2,(H,27,29). The molecule has 0 bridgehead atoms. The third-order valence-corrected chi connectivity index (χ3v) is 6.91. The lowest BCUT2D eigenvalue weighted by atomic mass is 10.2. The summed E-state index contributed by atoms with van der Waals surface area (Å²) in [6.45, 7) is 0.0697. The van der Waals surface area contributed by atoms with Gasteiger partial charge in [-0.1, -0.05) is 25.0 Å². The van der Waals surface area contributed by atoms with Crippen molar-refractivity contribution in [2.75, 3.05) is 0 Å². The van der Waals surface area contributed by atoms with Gasteiger partial charge in [-0.2, -0.15) is 0 Å². The summed E-state index contributed by atoms with van der Waals surface area (Å²) >= 11 is 0. The van der Waals surface area contributed by atoms with Gasteiger partial charge < -0.3 is 10.1 Å². The fourth-order valence-electron chi connectivity index (χ4n) is 3.69. The zero-order valence-electron chi connectivity index (χ0n) is 17.8. The van der Waals surface area contributed by atoms with Crippen molar-refractivity contribution in [2.45, 2.75) is 43.2 Å². The Morgan fingerprint density at radius 3 is 2.64 bits per heavy atom. The first kappa shape index (κ1) is 22.9. The molecule has 2 aromatic carbocycles. The van der Waals surface area contributed by atoms with Crippen molar-refractivity contribution in [1.82, 2.24) is 15.0 Å². The second kappa shape index (κ2) is 10.1. The van der Waals surface area contributed by atoms with Crippen LogP contribution in [0, 0.1) is 5.82 Å². The molecule has 4 rings (SSSR count). The molecule has 1 saturated carbocycles. The second-order valence-corrected chi connectivity index (χ2v) is 9.58. The van der Waals surface area contributed by atoms with Gasteiger partial charge >= 0.3 is 0 Å². The maximum atomic E-state index is 14.4. The molecule has 1 aromatic heterocycles. The monoisotopic (exact) mass is 469 g/mol. The highest BCUT2D eigenvalue weighted by Gasteiger charge is 2.23. The van der Waals surface area contributed by atoms with Crippen LogP contribution >= 0.6 is 0 Å². The highest BCUT2D eigenvalue weighted by Crippen LogP contribution is 2.25. The molecule has 172 valence electrons. The largest absolute Gasteiger partial charge is 0.453 e. The van der Waals surface area contributed by atoms with Crippen molar-refractivity contribution in [3.63, 3.8) is 0 Å². The molecule has 0 atom stereocenters. The molecule has 0 unspecified atom stereocenters. The lowest BCUT2D eigenvalue weighted by Crippen LogP contribution is -2.32. The van der Waals surface area contributed by atoms with Crippen LogP contribution in [0.25, 0.3) is 0 Å². The fourth-order valence-corrected chi connectivity index (χ4v) is 5.04. The predicted octanol–water partition coefficient (Wildman–Crippen LogP) is 4.16. The molecule has 7 nitrogen and oxygen atoms in total. The number of carbonyl (C=O) groups excluding carboxylic acids is 1. The van der Waals surface area contributed by atoms with Crippen LogP contribution in [0.1, 0.15) is 41.6 Å². The molecule has 1 aliphatic carbocycles. The van der Waals surface area contributed by atoms with Gasteiger partial charge in [0.15, 0.2) is 11.6 Å². The Kier molecular flexibility index (Phi) is 7.00. The number of nitrogens with zero attached hydrogens (tertiary/aromatic N) is 1. The van der Waals surface area contributed by atoms with E-state index in [4.69, 9.17) is 4.74 Å². The van der Waals surface area contributed by atoms with Crippen LogP contribution in [0.4, 0.5) is 4.39 Å². The Morgan fingerprint density at radius 1 is 1.09 bits per heavy atom. The molecule has 1 aliphatic rings. The number of amides is 1. The van der Waals surface area contributed by atoms with Gasteiger partial charge in [-0.25, -0.2) is 17.5 Å². The summed E-state index contributed by atoms with van der Waals surface area (Å²) in [6.07, 6.45) is 6.72. The fraction of sp³-hybridized carbons (Fsp3) is 0.250. The topological polar surface area (TPSA) is 97.4 Å². The Bertz CT molecular complexity index is 1230. The molecule has 0 saturated heterocycles. The molecule has 3 aromatic rings. The van der Waals surface area contributed by atoms with Gasteiger partial charge in [-0.05, 0) is 60.9 Å². The van der Waals surface area contributed by atoms with E-state index in [0.29, 0.717) is 11.3 Å². The average Bonchev–Trinajstić information content (AvgIpc) is 3.32. The average molecular weight is 470 g/mol. The van der Waals surface area contributed by atoms with Crippen LogP contribution in [0.2, 0.25) is 0 Å². The molecular formula is C24H24FN3O4S.